The van der Waals surface area contributed by atoms with Gasteiger partial charge in [0.05, 0.1) is 17.4 Å². The molecule has 0 spiro atoms. The first kappa shape index (κ1) is 17.1. The molecule has 0 radical (unpaired) electrons. The number of halogens is 1. The first-order chi connectivity index (χ1) is 12.9. The molecule has 0 fully saturated rings. The van der Waals surface area contributed by atoms with E-state index in [0.29, 0.717) is 23.5 Å². The Bertz CT molecular complexity index is 1170. The summed E-state index contributed by atoms with van der Waals surface area (Å²) in [7, 11) is 0. The molecule has 0 aliphatic carbocycles. The van der Waals surface area contributed by atoms with Crippen molar-refractivity contribution in [2.45, 2.75) is 33.2 Å². The number of hydrogen-bond donors (Lipinski definition) is 1. The highest BCUT2D eigenvalue weighted by atomic mass is 19.1. The average molecular weight is 366 g/mol. The fraction of sp³-hybridized carbons (Fsp3) is 0.263. The van der Waals surface area contributed by atoms with E-state index in [1.165, 1.54) is 22.7 Å². The van der Waals surface area contributed by atoms with Gasteiger partial charge in [0.25, 0.3) is 5.56 Å². The van der Waals surface area contributed by atoms with Crippen LogP contribution in [0.25, 0.3) is 16.9 Å². The molecular weight excluding hydrogens is 347 g/mol. The Labute approximate surface area is 154 Å². The highest BCUT2D eigenvalue weighted by molar-refractivity contribution is 5.63. The van der Waals surface area contributed by atoms with Gasteiger partial charge in [-0.1, -0.05) is 0 Å². The third-order valence-corrected chi connectivity index (χ3v) is 4.49. The summed E-state index contributed by atoms with van der Waals surface area (Å²) in [5.74, 6) is 1.25. The van der Waals surface area contributed by atoms with Crippen LogP contribution in [0.5, 0.6) is 0 Å². The van der Waals surface area contributed by atoms with E-state index in [1.807, 2.05) is 25.5 Å². The molecule has 0 unspecified atom stereocenters. The average Bonchev–Trinajstić information content (AvgIpc) is 3.19. The molecule has 8 heteroatoms. The Morgan fingerprint density at radius 1 is 1.15 bits per heavy atom. The summed E-state index contributed by atoms with van der Waals surface area (Å²) < 4.78 is 16.4. The molecule has 3 heterocycles. The Hall–Kier alpha value is -3.29. The lowest BCUT2D eigenvalue weighted by molar-refractivity contribution is 0.469. The van der Waals surface area contributed by atoms with Gasteiger partial charge in [0.1, 0.15) is 17.5 Å². The summed E-state index contributed by atoms with van der Waals surface area (Å²) in [4.78, 5) is 21.4. The van der Waals surface area contributed by atoms with Crippen molar-refractivity contribution in [3.05, 3.63) is 69.9 Å². The van der Waals surface area contributed by atoms with Crippen LogP contribution in [0.15, 0.2) is 41.2 Å². The minimum Gasteiger partial charge on any atom is -0.289 e. The van der Waals surface area contributed by atoms with Crippen molar-refractivity contribution < 1.29 is 4.39 Å². The van der Waals surface area contributed by atoms with E-state index >= 15 is 0 Å². The molecule has 0 saturated carbocycles. The standard InChI is InChI=1S/C19H19FN6O/c1-11(25-13(3)21-12(2)23-25)8-16-9-19(27)26-18(22-16)10-17(24-26)14-4-6-15(20)7-5-14/h4-7,9-11,24H,8H2,1-3H3/t11-/m0/s1. The predicted octanol–water partition coefficient (Wildman–Crippen LogP) is 2.84. The molecule has 7 nitrogen and oxygen atoms in total. The predicted molar refractivity (Wildman–Crippen MR) is 99.1 cm³/mol. The van der Waals surface area contributed by atoms with E-state index in [-0.39, 0.29) is 17.4 Å². The van der Waals surface area contributed by atoms with Crippen molar-refractivity contribution in [1.82, 2.24) is 29.4 Å². The molecule has 1 N–H and O–H groups in total. The third kappa shape index (κ3) is 3.25. The minimum absolute atomic E-state index is 0.0241. The van der Waals surface area contributed by atoms with Crippen molar-refractivity contribution in [1.29, 1.82) is 0 Å². The molecule has 0 saturated heterocycles. The van der Waals surface area contributed by atoms with E-state index in [1.54, 1.807) is 18.2 Å². The van der Waals surface area contributed by atoms with Crippen LogP contribution < -0.4 is 5.56 Å². The monoisotopic (exact) mass is 366 g/mol. The number of aromatic nitrogens is 6. The zero-order valence-corrected chi connectivity index (χ0v) is 15.3. The molecule has 0 amide bonds. The number of nitrogens with zero attached hydrogens (tertiary/aromatic N) is 5. The lowest BCUT2D eigenvalue weighted by Gasteiger charge is -2.12. The summed E-state index contributed by atoms with van der Waals surface area (Å²) in [6, 6.07) is 9.41. The highest BCUT2D eigenvalue weighted by Crippen LogP contribution is 2.19. The Morgan fingerprint density at radius 2 is 1.89 bits per heavy atom. The molecule has 4 rings (SSSR count). The van der Waals surface area contributed by atoms with Gasteiger partial charge >= 0.3 is 0 Å². The molecule has 1 atom stereocenters. The smallest absolute Gasteiger partial charge is 0.272 e. The van der Waals surface area contributed by atoms with E-state index < -0.39 is 0 Å². The lowest BCUT2D eigenvalue weighted by atomic mass is 10.1. The van der Waals surface area contributed by atoms with Crippen LogP contribution >= 0.6 is 0 Å². The van der Waals surface area contributed by atoms with Crippen molar-refractivity contribution in [3.8, 4) is 11.3 Å². The van der Waals surface area contributed by atoms with Crippen LogP contribution in [0.3, 0.4) is 0 Å². The second-order valence-electron chi connectivity index (χ2n) is 6.66. The Balaban J connectivity index is 1.68. The number of nitrogens with one attached hydrogen (secondary N) is 1. The normalized spacial score (nSPS) is 12.6. The number of fused-ring (bicyclic) bond motifs is 1. The molecule has 1 aromatic carbocycles. The SMILES string of the molecule is Cc1nc(C)n([C@@H](C)Cc2cc(=O)n3[nH]c(-c4ccc(F)cc4)cc3n2)n1. The second-order valence-corrected chi connectivity index (χ2v) is 6.66. The van der Waals surface area contributed by atoms with Gasteiger partial charge in [-0.05, 0) is 50.6 Å². The molecule has 27 heavy (non-hydrogen) atoms. The maximum Gasteiger partial charge on any atom is 0.272 e. The molecule has 0 bridgehead atoms. The number of H-pyrrole nitrogens is 1. The van der Waals surface area contributed by atoms with Crippen LogP contribution in [0.1, 0.15) is 30.3 Å². The lowest BCUT2D eigenvalue weighted by Crippen LogP contribution is -2.18. The van der Waals surface area contributed by atoms with Crippen molar-refractivity contribution in [3.63, 3.8) is 0 Å². The number of aryl methyl sites for hydroxylation is 2. The van der Waals surface area contributed by atoms with Gasteiger partial charge in [-0.2, -0.15) is 5.10 Å². The molecular formula is C19H19FN6O. The van der Waals surface area contributed by atoms with Crippen LogP contribution in [0.2, 0.25) is 0 Å². The fourth-order valence-corrected chi connectivity index (χ4v) is 3.26. The maximum atomic E-state index is 13.1. The van der Waals surface area contributed by atoms with E-state index in [9.17, 15) is 9.18 Å². The van der Waals surface area contributed by atoms with Crippen molar-refractivity contribution in [2.24, 2.45) is 0 Å². The third-order valence-electron chi connectivity index (χ3n) is 4.49. The molecule has 0 aliphatic heterocycles. The largest absolute Gasteiger partial charge is 0.289 e. The van der Waals surface area contributed by atoms with Crippen molar-refractivity contribution in [2.75, 3.05) is 0 Å². The summed E-state index contributed by atoms with van der Waals surface area (Å²) in [6.07, 6.45) is 0.562. The number of hydrogen-bond acceptors (Lipinski definition) is 4. The van der Waals surface area contributed by atoms with Crippen LogP contribution in [-0.4, -0.2) is 29.4 Å². The minimum atomic E-state index is -0.305. The first-order valence-corrected chi connectivity index (χ1v) is 8.68. The van der Waals surface area contributed by atoms with Gasteiger partial charge in [0.2, 0.25) is 0 Å². The van der Waals surface area contributed by atoms with Crippen molar-refractivity contribution >= 4 is 5.65 Å². The van der Waals surface area contributed by atoms with E-state index in [2.05, 4.69) is 20.2 Å². The number of aromatic amines is 1. The van der Waals surface area contributed by atoms with Gasteiger partial charge in [0.15, 0.2) is 5.65 Å². The Morgan fingerprint density at radius 3 is 2.56 bits per heavy atom. The summed E-state index contributed by atoms with van der Waals surface area (Å²) in [6.45, 7) is 5.78. The second kappa shape index (κ2) is 6.46. The van der Waals surface area contributed by atoms with Gasteiger partial charge in [-0.25, -0.2) is 23.6 Å². The topological polar surface area (TPSA) is 80.9 Å². The van der Waals surface area contributed by atoms with Crippen LogP contribution in [-0.2, 0) is 6.42 Å². The molecule has 4 aromatic rings. The first-order valence-electron chi connectivity index (χ1n) is 8.68. The summed E-state index contributed by atoms with van der Waals surface area (Å²) in [5, 5.41) is 7.42. The van der Waals surface area contributed by atoms with Gasteiger partial charge in [0, 0.05) is 18.6 Å². The van der Waals surface area contributed by atoms with Crippen LogP contribution in [0, 0.1) is 19.7 Å². The van der Waals surface area contributed by atoms with Gasteiger partial charge in [-0.15, -0.1) is 0 Å². The number of benzene rings is 1. The highest BCUT2D eigenvalue weighted by Gasteiger charge is 2.14. The van der Waals surface area contributed by atoms with Gasteiger partial charge in [-0.3, -0.25) is 9.89 Å². The van der Waals surface area contributed by atoms with E-state index in [4.69, 9.17) is 0 Å². The summed E-state index contributed by atoms with van der Waals surface area (Å²) in [5.41, 5.74) is 2.50. The quantitative estimate of drug-likeness (QED) is 0.602. The Kier molecular flexibility index (Phi) is 4.10. The molecule has 0 aliphatic rings. The van der Waals surface area contributed by atoms with E-state index in [0.717, 1.165) is 17.2 Å². The number of rotatable bonds is 4. The zero-order valence-electron chi connectivity index (χ0n) is 15.3. The summed E-state index contributed by atoms with van der Waals surface area (Å²) >= 11 is 0. The fourth-order valence-electron chi connectivity index (χ4n) is 3.26. The molecule has 3 aromatic heterocycles. The van der Waals surface area contributed by atoms with Crippen LogP contribution in [0.4, 0.5) is 4.39 Å². The molecule has 138 valence electrons. The maximum absolute atomic E-state index is 13.1. The zero-order chi connectivity index (χ0) is 19.1. The van der Waals surface area contributed by atoms with Gasteiger partial charge < -0.3 is 0 Å².